The van der Waals surface area contributed by atoms with Crippen LogP contribution in [0.25, 0.3) is 22.0 Å². The standard InChI is InChI=1S/C24H23ClN4O4/c1-29-23(12-30)19(11-27-29)15-4-6-20-18(9-15)21(7-8-26-20)28-22-10-17(25)5-3-16(22)13-33-14-24(31)32-2/h3-11,30H,12-14H2,1-2H3,(H,26,28). The Morgan fingerprint density at radius 1 is 1.18 bits per heavy atom. The van der Waals surface area contributed by atoms with Crippen LogP contribution < -0.4 is 5.32 Å². The zero-order valence-electron chi connectivity index (χ0n) is 18.2. The van der Waals surface area contributed by atoms with E-state index in [4.69, 9.17) is 16.3 Å². The van der Waals surface area contributed by atoms with Crippen molar-refractivity contribution in [3.05, 3.63) is 71.1 Å². The average molecular weight is 467 g/mol. The lowest BCUT2D eigenvalue weighted by atomic mass is 10.0. The Labute approximate surface area is 195 Å². The van der Waals surface area contributed by atoms with Gasteiger partial charge in [-0.1, -0.05) is 23.7 Å². The van der Waals surface area contributed by atoms with E-state index in [-0.39, 0.29) is 19.8 Å². The van der Waals surface area contributed by atoms with Gasteiger partial charge >= 0.3 is 5.97 Å². The molecule has 0 fully saturated rings. The van der Waals surface area contributed by atoms with Crippen molar-refractivity contribution in [3.8, 4) is 11.1 Å². The van der Waals surface area contributed by atoms with Crippen LogP contribution in [0.5, 0.6) is 0 Å². The van der Waals surface area contributed by atoms with Gasteiger partial charge in [-0.15, -0.1) is 0 Å². The number of ether oxygens (including phenoxy) is 2. The molecule has 4 aromatic rings. The molecule has 2 aromatic heterocycles. The molecule has 33 heavy (non-hydrogen) atoms. The molecule has 0 atom stereocenters. The molecule has 0 unspecified atom stereocenters. The van der Waals surface area contributed by atoms with Crippen molar-refractivity contribution in [1.29, 1.82) is 0 Å². The molecular formula is C24H23ClN4O4. The normalized spacial score (nSPS) is 11.0. The first-order valence-electron chi connectivity index (χ1n) is 10.2. The number of hydrogen-bond donors (Lipinski definition) is 2. The Kier molecular flexibility index (Phi) is 6.88. The van der Waals surface area contributed by atoms with Crippen molar-refractivity contribution < 1.29 is 19.4 Å². The van der Waals surface area contributed by atoms with Crippen LogP contribution in [0.15, 0.2) is 54.9 Å². The van der Waals surface area contributed by atoms with Crippen LogP contribution >= 0.6 is 11.6 Å². The van der Waals surface area contributed by atoms with Gasteiger partial charge in [0.05, 0.1) is 37.7 Å². The highest BCUT2D eigenvalue weighted by Gasteiger charge is 2.13. The van der Waals surface area contributed by atoms with E-state index < -0.39 is 5.97 Å². The summed E-state index contributed by atoms with van der Waals surface area (Å²) < 4.78 is 11.8. The minimum Gasteiger partial charge on any atom is -0.467 e. The molecule has 2 heterocycles. The van der Waals surface area contributed by atoms with Gasteiger partial charge in [-0.2, -0.15) is 5.10 Å². The zero-order valence-corrected chi connectivity index (χ0v) is 19.0. The van der Waals surface area contributed by atoms with E-state index in [1.165, 1.54) is 7.11 Å². The lowest BCUT2D eigenvalue weighted by molar-refractivity contribution is -0.146. The van der Waals surface area contributed by atoms with Crippen molar-refractivity contribution in [3.63, 3.8) is 0 Å². The van der Waals surface area contributed by atoms with Gasteiger partial charge in [-0.25, -0.2) is 4.79 Å². The van der Waals surface area contributed by atoms with Gasteiger partial charge in [0, 0.05) is 46.2 Å². The molecule has 0 saturated carbocycles. The third-order valence-corrected chi connectivity index (χ3v) is 5.55. The summed E-state index contributed by atoms with van der Waals surface area (Å²) in [6, 6.07) is 13.2. The number of carbonyl (C=O) groups is 1. The Bertz CT molecular complexity index is 1310. The molecule has 4 rings (SSSR count). The summed E-state index contributed by atoms with van der Waals surface area (Å²) in [5.74, 6) is -0.441. The molecule has 0 radical (unpaired) electrons. The van der Waals surface area contributed by atoms with Crippen LogP contribution in [-0.2, 0) is 34.5 Å². The largest absolute Gasteiger partial charge is 0.467 e. The summed E-state index contributed by atoms with van der Waals surface area (Å²) >= 11 is 6.25. The molecule has 0 bridgehead atoms. The summed E-state index contributed by atoms with van der Waals surface area (Å²) in [5, 5.41) is 18.9. The Morgan fingerprint density at radius 3 is 2.82 bits per heavy atom. The number of pyridine rings is 1. The highest BCUT2D eigenvalue weighted by molar-refractivity contribution is 6.30. The second-order valence-corrected chi connectivity index (χ2v) is 7.81. The molecule has 8 nitrogen and oxygen atoms in total. The van der Waals surface area contributed by atoms with E-state index in [1.807, 2.05) is 30.3 Å². The Balaban J connectivity index is 1.69. The number of halogens is 1. The quantitative estimate of drug-likeness (QED) is 0.375. The number of carbonyl (C=O) groups excluding carboxylic acids is 1. The lowest BCUT2D eigenvalue weighted by Crippen LogP contribution is -2.10. The fraction of sp³-hybridized carbons (Fsp3) is 0.208. The van der Waals surface area contributed by atoms with Gasteiger partial charge in [-0.05, 0) is 35.9 Å². The van der Waals surface area contributed by atoms with Crippen molar-refractivity contribution >= 4 is 39.8 Å². The summed E-state index contributed by atoms with van der Waals surface area (Å²) in [5.41, 5.74) is 5.73. The average Bonchev–Trinajstić information content (AvgIpc) is 3.20. The predicted molar refractivity (Wildman–Crippen MR) is 126 cm³/mol. The number of fused-ring (bicyclic) bond motifs is 1. The van der Waals surface area contributed by atoms with Crippen LogP contribution in [0.2, 0.25) is 5.02 Å². The van der Waals surface area contributed by atoms with E-state index in [1.54, 1.807) is 36.3 Å². The maximum atomic E-state index is 11.4. The van der Waals surface area contributed by atoms with Crippen molar-refractivity contribution in [2.75, 3.05) is 19.0 Å². The first-order chi connectivity index (χ1) is 16.0. The van der Waals surface area contributed by atoms with Gasteiger partial charge in [0.2, 0.25) is 0 Å². The molecule has 0 aliphatic heterocycles. The predicted octanol–water partition coefficient (Wildman–Crippen LogP) is 4.21. The van der Waals surface area contributed by atoms with Crippen LogP contribution in [0.1, 0.15) is 11.3 Å². The van der Waals surface area contributed by atoms with E-state index >= 15 is 0 Å². The number of esters is 1. The second-order valence-electron chi connectivity index (χ2n) is 7.37. The minimum atomic E-state index is -0.441. The van der Waals surface area contributed by atoms with Gasteiger partial charge in [0.15, 0.2) is 0 Å². The number of aromatic nitrogens is 3. The maximum Gasteiger partial charge on any atom is 0.331 e. The summed E-state index contributed by atoms with van der Waals surface area (Å²) in [6.45, 7) is -0.0453. The summed E-state index contributed by atoms with van der Waals surface area (Å²) in [6.07, 6.45) is 3.47. The SMILES string of the molecule is COC(=O)COCc1ccc(Cl)cc1Nc1ccnc2ccc(-c3cnn(C)c3CO)cc12. The first-order valence-corrected chi connectivity index (χ1v) is 10.6. The number of methoxy groups -OCH3 is 1. The highest BCUT2D eigenvalue weighted by Crippen LogP contribution is 2.33. The molecule has 0 aliphatic rings. The van der Waals surface area contributed by atoms with E-state index in [0.29, 0.717) is 5.02 Å². The molecule has 0 aliphatic carbocycles. The number of hydrogen-bond acceptors (Lipinski definition) is 7. The van der Waals surface area contributed by atoms with Crippen molar-refractivity contribution in [2.45, 2.75) is 13.2 Å². The molecule has 2 aromatic carbocycles. The number of aliphatic hydroxyl groups is 1. The van der Waals surface area contributed by atoms with Crippen LogP contribution in [0, 0.1) is 0 Å². The summed E-state index contributed by atoms with van der Waals surface area (Å²) in [4.78, 5) is 15.8. The van der Waals surface area contributed by atoms with E-state index in [9.17, 15) is 9.90 Å². The van der Waals surface area contributed by atoms with Gasteiger partial charge in [0.1, 0.15) is 6.61 Å². The van der Waals surface area contributed by atoms with Gasteiger partial charge in [0.25, 0.3) is 0 Å². The number of anilines is 2. The molecule has 0 amide bonds. The maximum absolute atomic E-state index is 11.4. The van der Waals surface area contributed by atoms with Gasteiger partial charge in [-0.3, -0.25) is 9.67 Å². The molecule has 2 N–H and O–H groups in total. The third-order valence-electron chi connectivity index (χ3n) is 5.31. The number of nitrogens with zero attached hydrogens (tertiary/aromatic N) is 3. The smallest absolute Gasteiger partial charge is 0.331 e. The summed E-state index contributed by atoms with van der Waals surface area (Å²) in [7, 11) is 3.12. The highest BCUT2D eigenvalue weighted by atomic mass is 35.5. The zero-order chi connectivity index (χ0) is 23.4. The van der Waals surface area contributed by atoms with Crippen LogP contribution in [0.3, 0.4) is 0 Å². The third kappa shape index (κ3) is 4.98. The number of nitrogens with one attached hydrogen (secondary N) is 1. The number of aryl methyl sites for hydroxylation is 1. The second kappa shape index (κ2) is 9.99. The van der Waals surface area contributed by atoms with Gasteiger partial charge < -0.3 is 19.9 Å². The van der Waals surface area contributed by atoms with Crippen LogP contribution in [0.4, 0.5) is 11.4 Å². The van der Waals surface area contributed by atoms with Crippen molar-refractivity contribution in [1.82, 2.24) is 14.8 Å². The first kappa shape index (κ1) is 22.7. The molecular weight excluding hydrogens is 444 g/mol. The van der Waals surface area contributed by atoms with Crippen LogP contribution in [-0.4, -0.2) is 39.6 Å². The fourth-order valence-electron chi connectivity index (χ4n) is 3.55. The monoisotopic (exact) mass is 466 g/mol. The topological polar surface area (TPSA) is 98.5 Å². The van der Waals surface area contributed by atoms with E-state index in [2.05, 4.69) is 20.1 Å². The number of rotatable bonds is 8. The Hall–Kier alpha value is -3.46. The molecule has 9 heteroatoms. The fourth-order valence-corrected chi connectivity index (χ4v) is 3.73. The minimum absolute atomic E-state index is 0.112. The van der Waals surface area contributed by atoms with Crippen molar-refractivity contribution in [2.24, 2.45) is 7.05 Å². The lowest BCUT2D eigenvalue weighted by Gasteiger charge is -2.15. The number of benzene rings is 2. The molecule has 170 valence electrons. The molecule has 0 saturated heterocycles. The number of aliphatic hydroxyl groups excluding tert-OH is 1. The molecule has 0 spiro atoms. The van der Waals surface area contributed by atoms with E-state index in [0.717, 1.165) is 44.7 Å². The Morgan fingerprint density at radius 2 is 2.03 bits per heavy atom.